The van der Waals surface area contributed by atoms with Gasteiger partial charge in [0.1, 0.15) is 0 Å². The van der Waals surface area contributed by atoms with Gasteiger partial charge in [0.15, 0.2) is 11.4 Å². The smallest absolute Gasteiger partial charge is 0.178 e. The Balaban J connectivity index is 2.92. The first-order chi connectivity index (χ1) is 12.1. The molecule has 0 atom stereocenters. The third-order valence-electron chi connectivity index (χ3n) is 3.78. The molecule has 0 radical (unpaired) electrons. The van der Waals surface area contributed by atoms with Gasteiger partial charge in [0.05, 0.1) is 21.8 Å². The number of hydrogen-bond donors (Lipinski definition) is 0. The van der Waals surface area contributed by atoms with E-state index in [1.807, 2.05) is 47.6 Å². The Kier molecular flexibility index (Phi) is 5.66. The van der Waals surface area contributed by atoms with Crippen LogP contribution < -0.4 is 0 Å². The lowest BCUT2D eigenvalue weighted by atomic mass is 9.86. The number of Topliss-reactive ketones (excluding diaryl/α,β-unsaturated/α-hetero) is 1. The van der Waals surface area contributed by atoms with E-state index in [0.29, 0.717) is 16.4 Å². The largest absolute Gasteiger partial charge is 0.293 e. The van der Waals surface area contributed by atoms with Crippen LogP contribution in [0.3, 0.4) is 0 Å². The SMILES string of the molecule is CC(C)(C)/C=C(\C(C(=O)C(C)(C)C)=S(C)(C)=O)n1ncc2cc(Cl)cnc21. The Labute approximate surface area is 166 Å². The van der Waals surface area contributed by atoms with Crippen LogP contribution in [0.5, 0.6) is 0 Å². The summed E-state index contributed by atoms with van der Waals surface area (Å²) >= 11 is 6.04. The lowest BCUT2D eigenvalue weighted by Crippen LogP contribution is -2.35. The first-order valence-corrected chi connectivity index (χ1v) is 11.5. The predicted molar refractivity (Wildman–Crippen MR) is 116 cm³/mol. The van der Waals surface area contributed by atoms with Gasteiger partial charge in [-0.25, -0.2) is 9.67 Å². The van der Waals surface area contributed by atoms with Crippen LogP contribution in [0.4, 0.5) is 0 Å². The third-order valence-corrected chi connectivity index (χ3v) is 5.37. The molecule has 0 aliphatic carbocycles. The lowest BCUT2D eigenvalue weighted by molar-refractivity contribution is -0.119. The highest BCUT2D eigenvalue weighted by Gasteiger charge is 2.33. The minimum absolute atomic E-state index is 0.161. The van der Waals surface area contributed by atoms with Crippen molar-refractivity contribution in [2.24, 2.45) is 10.8 Å². The summed E-state index contributed by atoms with van der Waals surface area (Å²) in [4.78, 5) is 18.0. The maximum atomic E-state index is 13.3. The van der Waals surface area contributed by atoms with Crippen LogP contribution in [-0.4, -0.2) is 42.1 Å². The zero-order valence-corrected chi connectivity index (χ0v) is 18.8. The number of nitrogens with zero attached hydrogens (tertiary/aromatic N) is 3. The normalized spacial score (nSPS) is 13.9. The van der Waals surface area contributed by atoms with Gasteiger partial charge in [0.25, 0.3) is 0 Å². The number of hydrogen-bond acceptors (Lipinski definition) is 4. The summed E-state index contributed by atoms with van der Waals surface area (Å²) in [6, 6.07) is 1.77. The predicted octanol–water partition coefficient (Wildman–Crippen LogP) is 4.30. The number of halogens is 1. The van der Waals surface area contributed by atoms with Crippen molar-refractivity contribution in [2.75, 3.05) is 12.5 Å². The molecule has 7 heteroatoms. The average molecular weight is 410 g/mol. The van der Waals surface area contributed by atoms with E-state index in [2.05, 4.69) is 10.1 Å². The van der Waals surface area contributed by atoms with Crippen molar-refractivity contribution in [3.8, 4) is 0 Å². The van der Waals surface area contributed by atoms with Gasteiger partial charge in [0.2, 0.25) is 0 Å². The number of allylic oxidation sites excluding steroid dienone is 2. The minimum Gasteiger partial charge on any atom is -0.293 e. The molecule has 0 fully saturated rings. The second kappa shape index (κ2) is 7.06. The Bertz CT molecular complexity index is 1040. The first kappa shape index (κ1) is 21.6. The highest BCUT2D eigenvalue weighted by atomic mass is 35.5. The fourth-order valence-electron chi connectivity index (χ4n) is 2.64. The summed E-state index contributed by atoms with van der Waals surface area (Å²) < 4.78 is 14.8. The number of aromatic nitrogens is 3. The topological polar surface area (TPSA) is 64.8 Å². The summed E-state index contributed by atoms with van der Waals surface area (Å²) in [7, 11) is -2.59. The maximum absolute atomic E-state index is 13.3. The van der Waals surface area contributed by atoms with E-state index >= 15 is 0 Å². The third kappa shape index (κ3) is 4.99. The van der Waals surface area contributed by atoms with Gasteiger partial charge < -0.3 is 0 Å². The molecule has 2 aromatic heterocycles. The van der Waals surface area contributed by atoms with Crippen molar-refractivity contribution in [3.63, 3.8) is 0 Å². The molecular formula is C20H28ClN3O2S. The van der Waals surface area contributed by atoms with E-state index in [1.54, 1.807) is 29.5 Å². The Hall–Kier alpha value is -1.66. The van der Waals surface area contributed by atoms with Crippen LogP contribution in [0.25, 0.3) is 16.7 Å². The van der Waals surface area contributed by atoms with E-state index < -0.39 is 14.9 Å². The zero-order chi connectivity index (χ0) is 20.8. The summed E-state index contributed by atoms with van der Waals surface area (Å²) in [6.45, 7) is 11.6. The number of fused-ring (bicyclic) bond motifs is 1. The van der Waals surface area contributed by atoms with E-state index in [-0.39, 0.29) is 16.1 Å². The van der Waals surface area contributed by atoms with Crippen LogP contribution in [0.15, 0.2) is 24.5 Å². The molecule has 0 bridgehead atoms. The number of rotatable bonds is 3. The van der Waals surface area contributed by atoms with Crippen molar-refractivity contribution in [3.05, 3.63) is 29.6 Å². The molecule has 148 valence electrons. The molecule has 0 unspecified atom stereocenters. The van der Waals surface area contributed by atoms with Crippen LogP contribution >= 0.6 is 11.6 Å². The Morgan fingerprint density at radius 3 is 2.22 bits per heavy atom. The van der Waals surface area contributed by atoms with Crippen molar-refractivity contribution >= 4 is 48.5 Å². The number of pyridine rings is 1. The fraction of sp³-hybridized carbons (Fsp3) is 0.500. The quantitative estimate of drug-likeness (QED) is 0.559. The van der Waals surface area contributed by atoms with Crippen molar-refractivity contribution in [2.45, 2.75) is 41.5 Å². The van der Waals surface area contributed by atoms with E-state index in [4.69, 9.17) is 11.6 Å². The second-order valence-corrected chi connectivity index (χ2v) is 12.5. The molecule has 0 aliphatic heterocycles. The van der Waals surface area contributed by atoms with Gasteiger partial charge in [-0.2, -0.15) is 5.10 Å². The zero-order valence-electron chi connectivity index (χ0n) is 17.3. The van der Waals surface area contributed by atoms with E-state index in [0.717, 1.165) is 5.39 Å². The van der Waals surface area contributed by atoms with E-state index in [9.17, 15) is 9.00 Å². The highest BCUT2D eigenvalue weighted by molar-refractivity contribution is 8.03. The molecule has 0 aromatic carbocycles. The molecule has 2 aromatic rings. The van der Waals surface area contributed by atoms with Gasteiger partial charge in [-0.15, -0.1) is 0 Å². The Morgan fingerprint density at radius 1 is 1.15 bits per heavy atom. The summed E-state index contributed by atoms with van der Waals surface area (Å²) in [5.74, 6) is -0.161. The molecule has 0 N–H and O–H groups in total. The standard InChI is InChI=1S/C20H28ClN3O2S/c1-19(2,3)10-15(16(27(7,8)26)17(25)20(4,5)6)24-18-13(11-23-24)9-14(21)12-22-18/h9-12H,1-8H3/b15-10+. The molecule has 0 spiro atoms. The summed E-state index contributed by atoms with van der Waals surface area (Å²) in [5, 5.41) is 5.71. The van der Waals surface area contributed by atoms with Crippen LogP contribution in [0, 0.1) is 10.8 Å². The summed E-state index contributed by atoms with van der Waals surface area (Å²) in [6.07, 6.45) is 8.31. The summed E-state index contributed by atoms with van der Waals surface area (Å²) in [5.41, 5.74) is 0.134. The molecule has 5 nitrogen and oxygen atoms in total. The van der Waals surface area contributed by atoms with Crippen LogP contribution in [-0.2, 0) is 14.3 Å². The first-order valence-electron chi connectivity index (χ1n) is 8.70. The fourth-order valence-corrected chi connectivity index (χ4v) is 4.20. The van der Waals surface area contributed by atoms with Gasteiger partial charge in [-0.05, 0) is 21.0 Å². The number of carbonyl (C=O) groups excluding carboxylic acids is 1. The number of carbonyl (C=O) groups is 1. The average Bonchev–Trinajstić information content (AvgIpc) is 2.85. The minimum atomic E-state index is -2.59. The van der Waals surface area contributed by atoms with Crippen LogP contribution in [0.2, 0.25) is 5.02 Å². The Morgan fingerprint density at radius 2 is 1.74 bits per heavy atom. The van der Waals surface area contributed by atoms with Gasteiger partial charge >= 0.3 is 0 Å². The van der Waals surface area contributed by atoms with Crippen molar-refractivity contribution in [1.29, 1.82) is 0 Å². The van der Waals surface area contributed by atoms with Crippen molar-refractivity contribution < 1.29 is 9.00 Å². The molecular weight excluding hydrogens is 382 g/mol. The van der Waals surface area contributed by atoms with Crippen LogP contribution in [0.1, 0.15) is 41.5 Å². The van der Waals surface area contributed by atoms with Crippen molar-refractivity contribution in [1.82, 2.24) is 14.8 Å². The molecule has 2 rings (SSSR count). The molecule has 0 amide bonds. The number of ketones is 1. The second-order valence-electron chi connectivity index (χ2n) is 9.16. The van der Waals surface area contributed by atoms with Gasteiger partial charge in [-0.1, -0.05) is 59.2 Å². The molecule has 0 aliphatic rings. The van der Waals surface area contributed by atoms with Gasteiger partial charge in [-0.3, -0.25) is 9.00 Å². The lowest BCUT2D eigenvalue weighted by Gasteiger charge is -2.24. The molecule has 0 saturated heterocycles. The highest BCUT2D eigenvalue weighted by Crippen LogP contribution is 2.28. The molecule has 27 heavy (non-hydrogen) atoms. The molecule has 2 heterocycles. The van der Waals surface area contributed by atoms with Gasteiger partial charge in [0, 0.05) is 29.5 Å². The maximum Gasteiger partial charge on any atom is 0.178 e. The monoisotopic (exact) mass is 409 g/mol. The molecule has 0 saturated carbocycles. The van der Waals surface area contributed by atoms with E-state index in [1.165, 1.54) is 6.20 Å².